The van der Waals surface area contributed by atoms with Crippen LogP contribution in [0.4, 0.5) is 15.8 Å². The summed E-state index contributed by atoms with van der Waals surface area (Å²) in [6.45, 7) is -0.486. The molecule has 0 radical (unpaired) electrons. The van der Waals surface area contributed by atoms with E-state index in [9.17, 15) is 9.65 Å². The van der Waals surface area contributed by atoms with Crippen LogP contribution in [0.25, 0.3) is 10.9 Å². The highest BCUT2D eigenvalue weighted by Gasteiger charge is 2.17. The van der Waals surface area contributed by atoms with Crippen LogP contribution in [0.15, 0.2) is 48.7 Å². The molecule has 0 aliphatic carbocycles. The second-order valence-corrected chi connectivity index (χ2v) is 6.05. The third-order valence-electron chi connectivity index (χ3n) is 3.99. The number of nitrogens with zero attached hydrogens (tertiary/aromatic N) is 2. The number of hydrogen-bond donors (Lipinski definition) is 2. The summed E-state index contributed by atoms with van der Waals surface area (Å²) >= 11 is 6.23. The number of anilines is 2. The van der Waals surface area contributed by atoms with Crippen molar-refractivity contribution in [2.24, 2.45) is 0 Å². The standard InChI is InChI=1S/C19H16ClFN4/c20-16-9-14(23)8-15-18(13(10-22)11-24-19(15)16)25-17(6-7-21)12-4-2-1-3-5-12/h1-5,8-9,11,17H,6-7,23H2,(H,24,25). The van der Waals surface area contributed by atoms with Crippen molar-refractivity contribution >= 4 is 33.9 Å². The molecule has 1 unspecified atom stereocenters. The van der Waals surface area contributed by atoms with Crippen LogP contribution in [-0.4, -0.2) is 11.7 Å². The molecule has 1 atom stereocenters. The van der Waals surface area contributed by atoms with Gasteiger partial charge in [0.25, 0.3) is 0 Å². The van der Waals surface area contributed by atoms with Crippen LogP contribution >= 0.6 is 11.6 Å². The summed E-state index contributed by atoms with van der Waals surface area (Å²) in [5.41, 5.74) is 8.77. The van der Waals surface area contributed by atoms with Gasteiger partial charge in [0.15, 0.2) is 0 Å². The van der Waals surface area contributed by atoms with E-state index in [1.54, 1.807) is 12.1 Å². The maximum absolute atomic E-state index is 13.1. The number of nitrogens with two attached hydrogens (primary N) is 1. The molecule has 0 saturated carbocycles. The lowest BCUT2D eigenvalue weighted by atomic mass is 10.0. The summed E-state index contributed by atoms with van der Waals surface area (Å²) in [6.07, 6.45) is 1.74. The Morgan fingerprint density at radius 1 is 1.28 bits per heavy atom. The van der Waals surface area contributed by atoms with Gasteiger partial charge in [-0.2, -0.15) is 5.26 Å². The minimum atomic E-state index is -0.486. The van der Waals surface area contributed by atoms with E-state index in [4.69, 9.17) is 17.3 Å². The fraction of sp³-hybridized carbons (Fsp3) is 0.158. The van der Waals surface area contributed by atoms with Gasteiger partial charge < -0.3 is 11.1 Å². The Morgan fingerprint density at radius 2 is 2.04 bits per heavy atom. The largest absolute Gasteiger partial charge is 0.399 e. The van der Waals surface area contributed by atoms with E-state index in [-0.39, 0.29) is 12.5 Å². The van der Waals surface area contributed by atoms with E-state index < -0.39 is 6.67 Å². The van der Waals surface area contributed by atoms with Crippen LogP contribution in [0.2, 0.25) is 5.02 Å². The van der Waals surface area contributed by atoms with Crippen LogP contribution in [0, 0.1) is 11.3 Å². The van der Waals surface area contributed by atoms with E-state index in [1.807, 2.05) is 30.3 Å². The first-order valence-electron chi connectivity index (χ1n) is 7.79. The number of rotatable bonds is 5. The van der Waals surface area contributed by atoms with Gasteiger partial charge in [-0.3, -0.25) is 9.37 Å². The molecule has 0 aliphatic rings. The van der Waals surface area contributed by atoms with E-state index in [0.717, 1.165) is 5.56 Å². The number of benzene rings is 2. The van der Waals surface area contributed by atoms with Crippen LogP contribution in [0.1, 0.15) is 23.6 Å². The predicted molar refractivity (Wildman–Crippen MR) is 99.3 cm³/mol. The topological polar surface area (TPSA) is 74.7 Å². The summed E-state index contributed by atoms with van der Waals surface area (Å²) in [4.78, 5) is 4.26. The van der Waals surface area contributed by atoms with Crippen LogP contribution in [0.5, 0.6) is 0 Å². The molecule has 4 nitrogen and oxygen atoms in total. The van der Waals surface area contributed by atoms with Crippen molar-refractivity contribution in [3.8, 4) is 6.07 Å². The van der Waals surface area contributed by atoms with Gasteiger partial charge in [0.1, 0.15) is 6.07 Å². The molecule has 1 aromatic heterocycles. The molecule has 126 valence electrons. The first-order chi connectivity index (χ1) is 12.1. The molecule has 3 N–H and O–H groups in total. The maximum atomic E-state index is 13.1. The van der Waals surface area contributed by atoms with Crippen LogP contribution in [-0.2, 0) is 0 Å². The zero-order valence-electron chi connectivity index (χ0n) is 13.3. The van der Waals surface area contributed by atoms with Gasteiger partial charge in [-0.25, -0.2) is 0 Å². The van der Waals surface area contributed by atoms with E-state index in [0.29, 0.717) is 32.9 Å². The lowest BCUT2D eigenvalue weighted by Gasteiger charge is -2.21. The SMILES string of the molecule is N#Cc1cnc2c(Cl)cc(N)cc2c1NC(CCF)c1ccccc1. The summed E-state index contributed by atoms with van der Waals surface area (Å²) in [5.74, 6) is 0. The normalized spacial score (nSPS) is 11.9. The number of fused-ring (bicyclic) bond motifs is 1. The lowest BCUT2D eigenvalue weighted by Crippen LogP contribution is -2.13. The van der Waals surface area contributed by atoms with Crippen LogP contribution < -0.4 is 11.1 Å². The number of pyridine rings is 1. The fourth-order valence-corrected chi connectivity index (χ4v) is 3.09. The number of halogens is 2. The summed E-state index contributed by atoms with van der Waals surface area (Å²) < 4.78 is 13.1. The van der Waals surface area contributed by atoms with Crippen LogP contribution in [0.3, 0.4) is 0 Å². The molecule has 6 heteroatoms. The highest BCUT2D eigenvalue weighted by molar-refractivity contribution is 6.35. The Labute approximate surface area is 150 Å². The van der Waals surface area contributed by atoms with Gasteiger partial charge in [0, 0.05) is 23.7 Å². The van der Waals surface area contributed by atoms with Gasteiger partial charge in [-0.05, 0) is 17.7 Å². The molecule has 0 spiro atoms. The van der Waals surface area contributed by atoms with Gasteiger partial charge in [0.05, 0.1) is 34.5 Å². The molecule has 25 heavy (non-hydrogen) atoms. The smallest absolute Gasteiger partial charge is 0.103 e. The first kappa shape index (κ1) is 17.0. The predicted octanol–water partition coefficient (Wildman–Crippen LogP) is 4.85. The molecular formula is C19H16ClFN4. The highest BCUT2D eigenvalue weighted by Crippen LogP contribution is 2.35. The zero-order valence-corrected chi connectivity index (χ0v) is 14.1. The molecule has 0 fully saturated rings. The number of nitrogens with one attached hydrogen (secondary N) is 1. The summed E-state index contributed by atoms with van der Waals surface area (Å²) in [5, 5.41) is 13.8. The number of nitrogen functional groups attached to an aromatic ring is 1. The van der Waals surface area contributed by atoms with Gasteiger partial charge in [0.2, 0.25) is 0 Å². The fourth-order valence-electron chi connectivity index (χ4n) is 2.81. The van der Waals surface area contributed by atoms with E-state index in [2.05, 4.69) is 16.4 Å². The van der Waals surface area contributed by atoms with E-state index in [1.165, 1.54) is 6.20 Å². The first-order valence-corrected chi connectivity index (χ1v) is 8.17. The molecule has 2 aromatic carbocycles. The second-order valence-electron chi connectivity index (χ2n) is 5.64. The molecule has 3 aromatic rings. The second kappa shape index (κ2) is 7.37. The van der Waals surface area contributed by atoms with Crippen molar-refractivity contribution < 1.29 is 4.39 Å². The Balaban J connectivity index is 2.14. The number of nitriles is 1. The quantitative estimate of drug-likeness (QED) is 0.642. The molecule has 0 bridgehead atoms. The molecule has 1 heterocycles. The minimum absolute atomic E-state index is 0.273. The number of aromatic nitrogens is 1. The summed E-state index contributed by atoms with van der Waals surface area (Å²) in [6, 6.07) is 14.7. The van der Waals surface area contributed by atoms with Gasteiger partial charge >= 0.3 is 0 Å². The minimum Gasteiger partial charge on any atom is -0.399 e. The molecule has 0 saturated heterocycles. The average molecular weight is 355 g/mol. The third-order valence-corrected chi connectivity index (χ3v) is 4.27. The van der Waals surface area contributed by atoms with Crippen molar-refractivity contribution in [2.45, 2.75) is 12.5 Å². The highest BCUT2D eigenvalue weighted by atomic mass is 35.5. The number of alkyl halides is 1. The molecule has 0 aliphatic heterocycles. The van der Waals surface area contributed by atoms with Crippen molar-refractivity contribution in [1.82, 2.24) is 4.98 Å². The molecule has 0 amide bonds. The Morgan fingerprint density at radius 3 is 2.72 bits per heavy atom. The van der Waals surface area contributed by atoms with Gasteiger partial charge in [-0.1, -0.05) is 41.9 Å². The molecular weight excluding hydrogens is 339 g/mol. The third kappa shape index (κ3) is 3.49. The molecule has 3 rings (SSSR count). The van der Waals surface area contributed by atoms with E-state index >= 15 is 0 Å². The summed E-state index contributed by atoms with van der Waals surface area (Å²) in [7, 11) is 0. The van der Waals surface area contributed by atoms with Crippen molar-refractivity contribution in [2.75, 3.05) is 17.7 Å². The zero-order chi connectivity index (χ0) is 17.8. The van der Waals surface area contributed by atoms with Crippen molar-refractivity contribution in [3.05, 3.63) is 64.8 Å². The maximum Gasteiger partial charge on any atom is 0.103 e. The van der Waals surface area contributed by atoms with Gasteiger partial charge in [-0.15, -0.1) is 0 Å². The van der Waals surface area contributed by atoms with Crippen molar-refractivity contribution in [3.63, 3.8) is 0 Å². The monoisotopic (exact) mass is 354 g/mol. The average Bonchev–Trinajstić information content (AvgIpc) is 2.62. The Hall–Kier alpha value is -2.84. The lowest BCUT2D eigenvalue weighted by molar-refractivity contribution is 0.451. The Kier molecular flexibility index (Phi) is 5.01. The number of hydrogen-bond acceptors (Lipinski definition) is 4. The van der Waals surface area contributed by atoms with Crippen molar-refractivity contribution in [1.29, 1.82) is 5.26 Å². The Bertz CT molecular complexity index is 938.